The monoisotopic (exact) mass is 194 g/mol. The van der Waals surface area contributed by atoms with Crippen molar-refractivity contribution in [3.63, 3.8) is 0 Å². The molecular formula is C12H22N2. The summed E-state index contributed by atoms with van der Waals surface area (Å²) in [4.78, 5) is 2.68. The van der Waals surface area contributed by atoms with E-state index in [9.17, 15) is 0 Å². The highest BCUT2D eigenvalue weighted by atomic mass is 15.2. The molecule has 1 aliphatic carbocycles. The molecule has 2 atom stereocenters. The first-order valence-electron chi connectivity index (χ1n) is 6.02. The van der Waals surface area contributed by atoms with Crippen LogP contribution >= 0.6 is 0 Å². The molecule has 80 valence electrons. The minimum absolute atomic E-state index is 0.755. The van der Waals surface area contributed by atoms with E-state index in [0.717, 1.165) is 18.6 Å². The smallest absolute Gasteiger partial charge is 0.0207 e. The molecule has 2 aliphatic rings. The summed E-state index contributed by atoms with van der Waals surface area (Å²) in [6.45, 7) is 5.89. The highest BCUT2D eigenvalue weighted by Crippen LogP contribution is 2.21. The Labute approximate surface area is 87.4 Å². The van der Waals surface area contributed by atoms with Gasteiger partial charge in [-0.2, -0.15) is 0 Å². The van der Waals surface area contributed by atoms with Gasteiger partial charge in [0.2, 0.25) is 0 Å². The van der Waals surface area contributed by atoms with Crippen molar-refractivity contribution in [3.8, 4) is 0 Å². The van der Waals surface area contributed by atoms with E-state index < -0.39 is 0 Å². The Kier molecular flexibility index (Phi) is 3.60. The van der Waals surface area contributed by atoms with E-state index in [-0.39, 0.29) is 0 Å². The van der Waals surface area contributed by atoms with Crippen LogP contribution in [0.25, 0.3) is 0 Å². The molecule has 1 saturated heterocycles. The van der Waals surface area contributed by atoms with Crippen molar-refractivity contribution in [2.75, 3.05) is 19.6 Å². The van der Waals surface area contributed by atoms with E-state index >= 15 is 0 Å². The fraction of sp³-hybridized carbons (Fsp3) is 0.833. The highest BCUT2D eigenvalue weighted by molar-refractivity contribution is 4.96. The third-order valence-corrected chi connectivity index (χ3v) is 3.47. The Balaban J connectivity index is 1.79. The van der Waals surface area contributed by atoms with Gasteiger partial charge in [-0.25, -0.2) is 0 Å². The molecule has 14 heavy (non-hydrogen) atoms. The molecule has 0 aromatic rings. The Bertz CT molecular complexity index is 200. The number of hydrogen-bond acceptors (Lipinski definition) is 2. The molecule has 2 unspecified atom stereocenters. The molecule has 2 rings (SSSR count). The van der Waals surface area contributed by atoms with Gasteiger partial charge in [-0.3, -0.25) is 4.90 Å². The molecule has 1 fully saturated rings. The molecule has 1 aliphatic heterocycles. The molecule has 1 heterocycles. The summed E-state index contributed by atoms with van der Waals surface area (Å²) in [6, 6.07) is 1.59. The maximum Gasteiger partial charge on any atom is 0.0207 e. The van der Waals surface area contributed by atoms with Crippen LogP contribution in [0.5, 0.6) is 0 Å². The zero-order chi connectivity index (χ0) is 9.80. The van der Waals surface area contributed by atoms with Crippen LogP contribution in [0.15, 0.2) is 12.2 Å². The van der Waals surface area contributed by atoms with Crippen molar-refractivity contribution in [2.45, 2.75) is 44.7 Å². The molecule has 0 spiro atoms. The second-order valence-electron chi connectivity index (χ2n) is 4.48. The fourth-order valence-electron chi connectivity index (χ4n) is 2.68. The largest absolute Gasteiger partial charge is 0.313 e. The van der Waals surface area contributed by atoms with Crippen molar-refractivity contribution < 1.29 is 0 Å². The van der Waals surface area contributed by atoms with Gasteiger partial charge in [-0.05, 0) is 32.2 Å². The Hall–Kier alpha value is -0.340. The maximum absolute atomic E-state index is 3.55. The number of likely N-dealkylation sites (N-methyl/N-ethyl adjacent to an activating group) is 1. The molecule has 0 saturated carbocycles. The third kappa shape index (κ3) is 2.37. The minimum atomic E-state index is 0.755. The standard InChI is InChI=1S/C12H22N2/c1-2-13-11-8-9-14(10-11)12-6-4-3-5-7-12/h3-4,11-13H,2,5-10H2,1H3. The lowest BCUT2D eigenvalue weighted by Crippen LogP contribution is -2.37. The van der Waals surface area contributed by atoms with Crippen LogP contribution in [-0.4, -0.2) is 36.6 Å². The number of rotatable bonds is 3. The van der Waals surface area contributed by atoms with Gasteiger partial charge in [0, 0.05) is 25.2 Å². The first-order chi connectivity index (χ1) is 6.90. The van der Waals surface area contributed by atoms with Crippen LogP contribution < -0.4 is 5.32 Å². The number of hydrogen-bond donors (Lipinski definition) is 1. The summed E-state index contributed by atoms with van der Waals surface area (Å²) in [5.41, 5.74) is 0. The van der Waals surface area contributed by atoms with Gasteiger partial charge in [0.1, 0.15) is 0 Å². The number of nitrogens with one attached hydrogen (secondary N) is 1. The van der Waals surface area contributed by atoms with Crippen molar-refractivity contribution in [2.24, 2.45) is 0 Å². The predicted octanol–water partition coefficient (Wildman–Crippen LogP) is 1.78. The predicted molar refractivity (Wildman–Crippen MR) is 60.4 cm³/mol. The number of likely N-dealkylation sites (tertiary alicyclic amines) is 1. The average molecular weight is 194 g/mol. The highest BCUT2D eigenvalue weighted by Gasteiger charge is 2.27. The summed E-state index contributed by atoms with van der Waals surface area (Å²) in [5.74, 6) is 0. The second kappa shape index (κ2) is 4.94. The van der Waals surface area contributed by atoms with Crippen LogP contribution in [0.4, 0.5) is 0 Å². The minimum Gasteiger partial charge on any atom is -0.313 e. The zero-order valence-electron chi connectivity index (χ0n) is 9.21. The van der Waals surface area contributed by atoms with E-state index in [1.165, 1.54) is 38.8 Å². The Morgan fingerprint density at radius 1 is 1.36 bits per heavy atom. The molecule has 0 bridgehead atoms. The lowest BCUT2D eigenvalue weighted by atomic mass is 10.0. The first-order valence-corrected chi connectivity index (χ1v) is 6.02. The summed E-state index contributed by atoms with van der Waals surface area (Å²) >= 11 is 0. The zero-order valence-corrected chi connectivity index (χ0v) is 9.21. The van der Waals surface area contributed by atoms with E-state index in [0.29, 0.717) is 0 Å². The van der Waals surface area contributed by atoms with Crippen LogP contribution in [0, 0.1) is 0 Å². The van der Waals surface area contributed by atoms with Gasteiger partial charge >= 0.3 is 0 Å². The Morgan fingerprint density at radius 2 is 2.29 bits per heavy atom. The SMILES string of the molecule is CCNC1CCN(C2CC=CCC2)C1. The summed E-state index contributed by atoms with van der Waals surface area (Å²) in [5, 5.41) is 3.55. The summed E-state index contributed by atoms with van der Waals surface area (Å²) < 4.78 is 0. The molecule has 0 amide bonds. The third-order valence-electron chi connectivity index (χ3n) is 3.47. The number of allylic oxidation sites excluding steroid dienone is 1. The molecule has 2 heteroatoms. The van der Waals surface area contributed by atoms with Crippen molar-refractivity contribution in [3.05, 3.63) is 12.2 Å². The topological polar surface area (TPSA) is 15.3 Å². The second-order valence-corrected chi connectivity index (χ2v) is 4.48. The van der Waals surface area contributed by atoms with Crippen molar-refractivity contribution in [1.82, 2.24) is 10.2 Å². The van der Waals surface area contributed by atoms with E-state index in [1.54, 1.807) is 0 Å². The summed E-state index contributed by atoms with van der Waals surface area (Å²) in [7, 11) is 0. The molecule has 0 aromatic carbocycles. The first kappa shape index (κ1) is 10.2. The molecule has 1 N–H and O–H groups in total. The van der Waals surface area contributed by atoms with Crippen molar-refractivity contribution >= 4 is 0 Å². The fourth-order valence-corrected chi connectivity index (χ4v) is 2.68. The van der Waals surface area contributed by atoms with Crippen LogP contribution in [0.2, 0.25) is 0 Å². The molecule has 0 radical (unpaired) electrons. The number of nitrogens with zero attached hydrogens (tertiary/aromatic N) is 1. The quantitative estimate of drug-likeness (QED) is 0.689. The molecule has 0 aromatic heterocycles. The van der Waals surface area contributed by atoms with E-state index in [2.05, 4.69) is 29.3 Å². The van der Waals surface area contributed by atoms with Crippen LogP contribution in [0.3, 0.4) is 0 Å². The normalized spacial score (nSPS) is 33.8. The van der Waals surface area contributed by atoms with Gasteiger partial charge < -0.3 is 5.32 Å². The van der Waals surface area contributed by atoms with Crippen LogP contribution in [-0.2, 0) is 0 Å². The van der Waals surface area contributed by atoms with Gasteiger partial charge in [0.05, 0.1) is 0 Å². The van der Waals surface area contributed by atoms with E-state index in [1.807, 2.05) is 0 Å². The van der Waals surface area contributed by atoms with Crippen LogP contribution in [0.1, 0.15) is 32.6 Å². The van der Waals surface area contributed by atoms with Gasteiger partial charge in [-0.1, -0.05) is 19.1 Å². The van der Waals surface area contributed by atoms with Gasteiger partial charge in [0.25, 0.3) is 0 Å². The van der Waals surface area contributed by atoms with E-state index in [4.69, 9.17) is 0 Å². The van der Waals surface area contributed by atoms with Crippen molar-refractivity contribution in [1.29, 1.82) is 0 Å². The van der Waals surface area contributed by atoms with Gasteiger partial charge in [0.15, 0.2) is 0 Å². The lowest BCUT2D eigenvalue weighted by molar-refractivity contribution is 0.223. The average Bonchev–Trinajstić information content (AvgIpc) is 2.68. The summed E-state index contributed by atoms with van der Waals surface area (Å²) in [6.07, 6.45) is 9.96. The maximum atomic E-state index is 3.55. The lowest BCUT2D eigenvalue weighted by Gasteiger charge is -2.28. The molecular weight excluding hydrogens is 172 g/mol. The molecule has 2 nitrogen and oxygen atoms in total. The van der Waals surface area contributed by atoms with Gasteiger partial charge in [-0.15, -0.1) is 0 Å². The Morgan fingerprint density at radius 3 is 3.00 bits per heavy atom.